The zero-order chi connectivity index (χ0) is 14.2. The van der Waals surface area contributed by atoms with E-state index in [0.717, 1.165) is 6.07 Å². The van der Waals surface area contributed by atoms with Crippen molar-refractivity contribution < 1.29 is 13.9 Å². The number of benzene rings is 2. The molecule has 1 atom stereocenters. The van der Waals surface area contributed by atoms with Crippen LogP contribution in [0, 0.1) is 11.6 Å². The highest BCUT2D eigenvalue weighted by Gasteiger charge is 2.21. The molecular weight excluding hydrogens is 361 g/mol. The van der Waals surface area contributed by atoms with Crippen molar-refractivity contribution in [2.45, 2.75) is 6.10 Å². The molecule has 0 amide bonds. The van der Waals surface area contributed by atoms with Gasteiger partial charge in [0.15, 0.2) is 11.6 Å². The molecule has 0 saturated carbocycles. The van der Waals surface area contributed by atoms with Gasteiger partial charge >= 0.3 is 0 Å². The molecule has 19 heavy (non-hydrogen) atoms. The van der Waals surface area contributed by atoms with E-state index in [1.54, 1.807) is 18.2 Å². The third-order valence-corrected chi connectivity index (χ3v) is 4.28. The van der Waals surface area contributed by atoms with Gasteiger partial charge in [-0.2, -0.15) is 0 Å². The lowest BCUT2D eigenvalue weighted by molar-refractivity contribution is 0.218. The zero-order valence-corrected chi connectivity index (χ0v) is 12.4. The molecule has 0 heterocycles. The molecule has 2 rings (SSSR count). The quantitative estimate of drug-likeness (QED) is 0.730. The van der Waals surface area contributed by atoms with Crippen molar-refractivity contribution in [1.29, 1.82) is 0 Å². The predicted molar refractivity (Wildman–Crippen MR) is 74.6 cm³/mol. The fourth-order valence-electron chi connectivity index (χ4n) is 1.65. The summed E-state index contributed by atoms with van der Waals surface area (Å²) in [5.74, 6) is -2.06. The number of aliphatic hydroxyl groups excluding tert-OH is 1. The van der Waals surface area contributed by atoms with Gasteiger partial charge in [-0.3, -0.25) is 0 Å². The largest absolute Gasteiger partial charge is 0.384 e. The van der Waals surface area contributed by atoms with Crippen molar-refractivity contribution in [3.8, 4) is 0 Å². The van der Waals surface area contributed by atoms with Gasteiger partial charge in [-0.05, 0) is 28.1 Å². The first kappa shape index (κ1) is 14.7. The zero-order valence-electron chi connectivity index (χ0n) is 9.30. The second-order valence-corrected chi connectivity index (χ2v) is 5.39. The minimum atomic E-state index is -1.21. The fraction of sp³-hybridized carbons (Fsp3) is 0.0769. The minimum absolute atomic E-state index is 0.143. The van der Waals surface area contributed by atoms with Gasteiger partial charge in [0.05, 0.1) is 14.5 Å². The molecule has 2 aromatic rings. The summed E-state index contributed by atoms with van der Waals surface area (Å²) >= 11 is 14.8. The third-order valence-electron chi connectivity index (χ3n) is 2.64. The van der Waals surface area contributed by atoms with E-state index in [1.807, 2.05) is 0 Å². The van der Waals surface area contributed by atoms with Gasteiger partial charge in [0.2, 0.25) is 0 Å². The average molecular weight is 368 g/mol. The second-order valence-electron chi connectivity index (χ2n) is 3.81. The summed E-state index contributed by atoms with van der Waals surface area (Å²) < 4.78 is 26.3. The van der Waals surface area contributed by atoms with Gasteiger partial charge in [-0.25, -0.2) is 8.78 Å². The van der Waals surface area contributed by atoms with E-state index in [2.05, 4.69) is 15.9 Å². The summed E-state index contributed by atoms with van der Waals surface area (Å²) in [5.41, 5.74) is 0.490. The van der Waals surface area contributed by atoms with E-state index >= 15 is 0 Å². The first-order chi connectivity index (χ1) is 8.93. The smallest absolute Gasteiger partial charge is 0.173 e. The van der Waals surface area contributed by atoms with Crippen LogP contribution >= 0.6 is 39.1 Å². The van der Waals surface area contributed by atoms with E-state index in [1.165, 1.54) is 6.07 Å². The molecule has 0 bridgehead atoms. The molecule has 2 aromatic carbocycles. The lowest BCUT2D eigenvalue weighted by atomic mass is 10.0. The highest BCUT2D eigenvalue weighted by molar-refractivity contribution is 9.10. The van der Waals surface area contributed by atoms with Gasteiger partial charge in [0.1, 0.15) is 6.10 Å². The van der Waals surface area contributed by atoms with Crippen LogP contribution in [0.4, 0.5) is 8.78 Å². The monoisotopic (exact) mass is 366 g/mol. The maximum absolute atomic E-state index is 13.5. The Bertz CT molecular complexity index is 634. The summed E-state index contributed by atoms with van der Waals surface area (Å²) in [6, 6.07) is 6.97. The molecule has 0 spiro atoms. The highest BCUT2D eigenvalue weighted by Crippen LogP contribution is 2.36. The van der Waals surface area contributed by atoms with Crippen LogP contribution in [0.2, 0.25) is 10.0 Å². The summed E-state index contributed by atoms with van der Waals surface area (Å²) in [6.07, 6.45) is -1.21. The Morgan fingerprint density at radius 3 is 2.42 bits per heavy atom. The molecule has 1 unspecified atom stereocenters. The van der Waals surface area contributed by atoms with Crippen molar-refractivity contribution in [2.24, 2.45) is 0 Å². The van der Waals surface area contributed by atoms with E-state index in [4.69, 9.17) is 23.2 Å². The lowest BCUT2D eigenvalue weighted by Crippen LogP contribution is -2.04. The van der Waals surface area contributed by atoms with Crippen molar-refractivity contribution in [3.63, 3.8) is 0 Å². The minimum Gasteiger partial charge on any atom is -0.384 e. The summed E-state index contributed by atoms with van der Waals surface area (Å²) in [5, 5.41) is 10.7. The average Bonchev–Trinajstić information content (AvgIpc) is 2.39. The van der Waals surface area contributed by atoms with Gasteiger partial charge in [-0.15, -0.1) is 0 Å². The van der Waals surface area contributed by atoms with Crippen molar-refractivity contribution >= 4 is 39.1 Å². The molecule has 1 N–H and O–H groups in total. The van der Waals surface area contributed by atoms with Crippen LogP contribution in [0.1, 0.15) is 17.2 Å². The first-order valence-corrected chi connectivity index (χ1v) is 6.73. The van der Waals surface area contributed by atoms with Crippen LogP contribution in [-0.4, -0.2) is 5.11 Å². The van der Waals surface area contributed by atoms with Crippen LogP contribution < -0.4 is 0 Å². The molecule has 0 aliphatic carbocycles. The number of aliphatic hydroxyl groups is 1. The summed E-state index contributed by atoms with van der Waals surface area (Å²) in [7, 11) is 0. The number of hydrogen-bond acceptors (Lipinski definition) is 1. The standard InChI is InChI=1S/C13H7BrCl2F2O/c14-10-6(4-5-9(17)12(10)18)13(19)7-2-1-3-8(15)11(7)16/h1-5,13,19H. The lowest BCUT2D eigenvalue weighted by Gasteiger charge is -2.16. The van der Waals surface area contributed by atoms with Gasteiger partial charge < -0.3 is 5.11 Å². The Balaban J connectivity index is 2.53. The van der Waals surface area contributed by atoms with Crippen LogP contribution in [0.3, 0.4) is 0 Å². The van der Waals surface area contributed by atoms with Crippen LogP contribution in [-0.2, 0) is 0 Å². The second kappa shape index (κ2) is 5.75. The SMILES string of the molecule is OC(c1cccc(Cl)c1Cl)c1ccc(F)c(F)c1Br. The van der Waals surface area contributed by atoms with Gasteiger partial charge in [-0.1, -0.05) is 41.4 Å². The van der Waals surface area contributed by atoms with Gasteiger partial charge in [0, 0.05) is 11.1 Å². The highest BCUT2D eigenvalue weighted by atomic mass is 79.9. The van der Waals surface area contributed by atoms with Crippen molar-refractivity contribution in [2.75, 3.05) is 0 Å². The molecule has 0 aliphatic heterocycles. The summed E-state index contributed by atoms with van der Waals surface area (Å²) in [4.78, 5) is 0. The van der Waals surface area contributed by atoms with E-state index in [0.29, 0.717) is 5.56 Å². The molecule has 0 saturated heterocycles. The predicted octanol–water partition coefficient (Wildman–Crippen LogP) is 5.12. The van der Waals surface area contributed by atoms with Crippen LogP contribution in [0.15, 0.2) is 34.8 Å². The van der Waals surface area contributed by atoms with Crippen molar-refractivity contribution in [1.82, 2.24) is 0 Å². The molecule has 100 valence electrons. The molecular formula is C13H7BrCl2F2O. The van der Waals surface area contributed by atoms with E-state index < -0.39 is 17.7 Å². The Kier molecular flexibility index (Phi) is 4.46. The van der Waals surface area contributed by atoms with E-state index in [9.17, 15) is 13.9 Å². The molecule has 0 aromatic heterocycles. The van der Waals surface area contributed by atoms with Crippen LogP contribution in [0.25, 0.3) is 0 Å². The Morgan fingerprint density at radius 2 is 1.74 bits per heavy atom. The maximum atomic E-state index is 13.5. The molecule has 0 aliphatic rings. The first-order valence-electron chi connectivity index (χ1n) is 5.19. The third kappa shape index (κ3) is 2.77. The summed E-state index contributed by atoms with van der Waals surface area (Å²) in [6.45, 7) is 0. The Labute approximate surface area is 126 Å². The maximum Gasteiger partial charge on any atom is 0.173 e. The Hall–Kier alpha value is -0.680. The normalized spacial score (nSPS) is 12.5. The topological polar surface area (TPSA) is 20.2 Å². The molecule has 0 radical (unpaired) electrons. The molecule has 1 nitrogen and oxygen atoms in total. The number of hydrogen-bond donors (Lipinski definition) is 1. The fourth-order valence-corrected chi connectivity index (χ4v) is 2.60. The number of halogens is 5. The van der Waals surface area contributed by atoms with E-state index in [-0.39, 0.29) is 20.1 Å². The van der Waals surface area contributed by atoms with Crippen molar-refractivity contribution in [3.05, 3.63) is 67.6 Å². The van der Waals surface area contributed by atoms with Crippen LogP contribution in [0.5, 0.6) is 0 Å². The molecule has 6 heteroatoms. The molecule has 0 fully saturated rings. The van der Waals surface area contributed by atoms with Gasteiger partial charge in [0.25, 0.3) is 0 Å². The Morgan fingerprint density at radius 1 is 1.05 bits per heavy atom. The number of rotatable bonds is 2.